The van der Waals surface area contributed by atoms with Gasteiger partial charge in [-0.2, -0.15) is 0 Å². The molecule has 0 amide bonds. The number of hydrogen-bond acceptors (Lipinski definition) is 3. The monoisotopic (exact) mass is 216 g/mol. The fourth-order valence-corrected chi connectivity index (χ4v) is 1.44. The van der Waals surface area contributed by atoms with Crippen LogP contribution in [0.2, 0.25) is 0 Å². The number of benzene rings is 1. The molecule has 2 aromatic rings. The van der Waals surface area contributed by atoms with Gasteiger partial charge in [0.25, 0.3) is 0 Å². The van der Waals surface area contributed by atoms with Crippen LogP contribution < -0.4 is 0 Å². The minimum atomic E-state index is -0.226. The van der Waals surface area contributed by atoms with E-state index in [4.69, 9.17) is 0 Å². The summed E-state index contributed by atoms with van der Waals surface area (Å²) in [5.74, 6) is -0.226. The van der Waals surface area contributed by atoms with Gasteiger partial charge in [0, 0.05) is 18.1 Å². The van der Waals surface area contributed by atoms with E-state index in [0.29, 0.717) is 6.42 Å². The van der Waals surface area contributed by atoms with Crippen molar-refractivity contribution in [3.05, 3.63) is 48.5 Å². The topological polar surface area (TPSA) is 44.1 Å². The molecule has 4 heteroatoms. The first-order chi connectivity index (χ1) is 7.79. The van der Waals surface area contributed by atoms with E-state index in [1.807, 2.05) is 35.0 Å². The minimum Gasteiger partial charge on any atom is -0.469 e. The number of carbonyl (C=O) groups excluding carboxylic acids is 1. The third kappa shape index (κ3) is 2.28. The maximum Gasteiger partial charge on any atom is 0.309 e. The first-order valence-electron chi connectivity index (χ1n) is 4.93. The number of carbonyl (C=O) groups is 1. The van der Waals surface area contributed by atoms with Gasteiger partial charge in [0.15, 0.2) is 0 Å². The Morgan fingerprint density at radius 1 is 1.38 bits per heavy atom. The van der Waals surface area contributed by atoms with E-state index in [-0.39, 0.29) is 5.97 Å². The standard InChI is InChI=1S/C12H12N2O2/c1-16-12(15)8-10-2-4-11(5-3-10)14-7-6-13-9-14/h2-7,9H,8H2,1H3. The van der Waals surface area contributed by atoms with Crippen LogP contribution in [0.1, 0.15) is 5.56 Å². The summed E-state index contributed by atoms with van der Waals surface area (Å²) in [5.41, 5.74) is 1.96. The van der Waals surface area contributed by atoms with Crippen molar-refractivity contribution in [2.45, 2.75) is 6.42 Å². The van der Waals surface area contributed by atoms with Crippen molar-refractivity contribution in [2.75, 3.05) is 7.11 Å². The Morgan fingerprint density at radius 2 is 2.12 bits per heavy atom. The normalized spacial score (nSPS) is 10.1. The van der Waals surface area contributed by atoms with Gasteiger partial charge in [0.1, 0.15) is 0 Å². The van der Waals surface area contributed by atoms with Gasteiger partial charge in [-0.1, -0.05) is 12.1 Å². The molecular weight excluding hydrogens is 204 g/mol. The highest BCUT2D eigenvalue weighted by Gasteiger charge is 2.02. The van der Waals surface area contributed by atoms with Gasteiger partial charge in [0.2, 0.25) is 0 Å². The second kappa shape index (κ2) is 4.61. The maximum absolute atomic E-state index is 11.1. The van der Waals surface area contributed by atoms with Crippen LogP contribution in [0.3, 0.4) is 0 Å². The van der Waals surface area contributed by atoms with Gasteiger partial charge in [0.05, 0.1) is 19.9 Å². The summed E-state index contributed by atoms with van der Waals surface area (Å²) in [5, 5.41) is 0. The summed E-state index contributed by atoms with van der Waals surface area (Å²) in [4.78, 5) is 15.0. The minimum absolute atomic E-state index is 0.226. The van der Waals surface area contributed by atoms with Gasteiger partial charge in [-0.15, -0.1) is 0 Å². The molecule has 1 aromatic heterocycles. The summed E-state index contributed by atoms with van der Waals surface area (Å²) in [6, 6.07) is 7.71. The van der Waals surface area contributed by atoms with Crippen molar-refractivity contribution >= 4 is 5.97 Å². The van der Waals surface area contributed by atoms with E-state index in [1.165, 1.54) is 7.11 Å². The molecular formula is C12H12N2O2. The number of hydrogen-bond donors (Lipinski definition) is 0. The number of aromatic nitrogens is 2. The lowest BCUT2D eigenvalue weighted by molar-refractivity contribution is -0.139. The Labute approximate surface area is 93.5 Å². The predicted molar refractivity (Wildman–Crippen MR) is 59.3 cm³/mol. The molecule has 0 saturated heterocycles. The Bertz CT molecular complexity index is 460. The van der Waals surface area contributed by atoms with E-state index in [2.05, 4.69) is 9.72 Å². The van der Waals surface area contributed by atoms with Crippen molar-refractivity contribution in [3.8, 4) is 5.69 Å². The van der Waals surface area contributed by atoms with Crippen LogP contribution in [0.25, 0.3) is 5.69 Å². The number of rotatable bonds is 3. The third-order valence-electron chi connectivity index (χ3n) is 2.32. The molecule has 0 radical (unpaired) electrons. The molecule has 1 aromatic carbocycles. The summed E-state index contributed by atoms with van der Waals surface area (Å²) < 4.78 is 6.51. The second-order valence-electron chi connectivity index (χ2n) is 3.39. The van der Waals surface area contributed by atoms with Crippen LogP contribution in [-0.2, 0) is 16.0 Å². The van der Waals surface area contributed by atoms with Crippen molar-refractivity contribution < 1.29 is 9.53 Å². The SMILES string of the molecule is COC(=O)Cc1ccc(-n2ccnc2)cc1. The fourth-order valence-electron chi connectivity index (χ4n) is 1.44. The molecule has 4 nitrogen and oxygen atoms in total. The van der Waals surface area contributed by atoms with E-state index in [0.717, 1.165) is 11.3 Å². The molecule has 0 atom stereocenters. The van der Waals surface area contributed by atoms with Gasteiger partial charge >= 0.3 is 5.97 Å². The smallest absolute Gasteiger partial charge is 0.309 e. The van der Waals surface area contributed by atoms with Gasteiger partial charge in [-0.25, -0.2) is 4.98 Å². The lowest BCUT2D eigenvalue weighted by Crippen LogP contribution is -2.04. The molecule has 0 fully saturated rings. The molecule has 0 aliphatic heterocycles. The quantitative estimate of drug-likeness (QED) is 0.732. The number of methoxy groups -OCH3 is 1. The van der Waals surface area contributed by atoms with Gasteiger partial charge in [-0.05, 0) is 17.7 Å². The van der Waals surface area contributed by atoms with Crippen LogP contribution in [0.4, 0.5) is 0 Å². The molecule has 16 heavy (non-hydrogen) atoms. The second-order valence-corrected chi connectivity index (χ2v) is 3.39. The van der Waals surface area contributed by atoms with Gasteiger partial charge < -0.3 is 9.30 Å². The average Bonchev–Trinajstić information content (AvgIpc) is 2.83. The first kappa shape index (κ1) is 10.4. The highest BCUT2D eigenvalue weighted by Crippen LogP contribution is 2.09. The van der Waals surface area contributed by atoms with Crippen molar-refractivity contribution in [1.82, 2.24) is 9.55 Å². The van der Waals surface area contributed by atoms with Crippen LogP contribution in [0, 0.1) is 0 Å². The molecule has 82 valence electrons. The van der Waals surface area contributed by atoms with Gasteiger partial charge in [-0.3, -0.25) is 4.79 Å². The molecule has 0 aliphatic carbocycles. The molecule has 2 rings (SSSR count). The van der Waals surface area contributed by atoms with E-state index in [9.17, 15) is 4.79 Å². The third-order valence-corrected chi connectivity index (χ3v) is 2.32. The van der Waals surface area contributed by atoms with Crippen LogP contribution >= 0.6 is 0 Å². The van der Waals surface area contributed by atoms with Crippen LogP contribution in [-0.4, -0.2) is 22.6 Å². The highest BCUT2D eigenvalue weighted by atomic mass is 16.5. The van der Waals surface area contributed by atoms with E-state index in [1.54, 1.807) is 12.5 Å². The first-order valence-corrected chi connectivity index (χ1v) is 4.93. The summed E-state index contributed by atoms with van der Waals surface area (Å²) in [6.45, 7) is 0. The molecule has 0 unspecified atom stereocenters. The van der Waals surface area contributed by atoms with Crippen molar-refractivity contribution in [3.63, 3.8) is 0 Å². The Hall–Kier alpha value is -2.10. The highest BCUT2D eigenvalue weighted by molar-refractivity contribution is 5.72. The molecule has 0 aliphatic rings. The lowest BCUT2D eigenvalue weighted by Gasteiger charge is -2.03. The molecule has 1 heterocycles. The number of imidazole rings is 1. The Balaban J connectivity index is 2.14. The zero-order valence-electron chi connectivity index (χ0n) is 8.96. The van der Waals surface area contributed by atoms with Crippen molar-refractivity contribution in [2.24, 2.45) is 0 Å². The van der Waals surface area contributed by atoms with E-state index < -0.39 is 0 Å². The Kier molecular flexibility index (Phi) is 3.00. The Morgan fingerprint density at radius 3 is 2.69 bits per heavy atom. The molecule has 0 bridgehead atoms. The number of esters is 1. The lowest BCUT2D eigenvalue weighted by atomic mass is 10.1. The molecule has 0 spiro atoms. The molecule has 0 saturated carbocycles. The van der Waals surface area contributed by atoms with Crippen LogP contribution in [0.15, 0.2) is 43.0 Å². The van der Waals surface area contributed by atoms with E-state index >= 15 is 0 Å². The zero-order valence-corrected chi connectivity index (χ0v) is 8.96. The summed E-state index contributed by atoms with van der Waals surface area (Å²) in [6.07, 6.45) is 5.63. The summed E-state index contributed by atoms with van der Waals surface area (Å²) in [7, 11) is 1.39. The predicted octanol–water partition coefficient (Wildman–Crippen LogP) is 1.59. The zero-order chi connectivity index (χ0) is 11.4. The molecule has 0 N–H and O–H groups in total. The largest absolute Gasteiger partial charge is 0.469 e. The summed E-state index contributed by atoms with van der Waals surface area (Å²) >= 11 is 0. The average molecular weight is 216 g/mol. The van der Waals surface area contributed by atoms with Crippen LogP contribution in [0.5, 0.6) is 0 Å². The fraction of sp³-hybridized carbons (Fsp3) is 0.167. The number of ether oxygens (including phenoxy) is 1. The number of nitrogens with zero attached hydrogens (tertiary/aromatic N) is 2. The maximum atomic E-state index is 11.1. The van der Waals surface area contributed by atoms with Crippen molar-refractivity contribution in [1.29, 1.82) is 0 Å².